The normalized spacial score (nSPS) is 11.6. The second-order valence-corrected chi connectivity index (χ2v) is 9.14. The summed E-state index contributed by atoms with van der Waals surface area (Å²) in [5, 5.41) is 8.50. The van der Waals surface area contributed by atoms with Crippen LogP contribution in [0.3, 0.4) is 0 Å². The molecule has 3 aromatic carbocycles. The first-order valence-corrected chi connectivity index (χ1v) is 11.1. The third kappa shape index (κ3) is 5.43. The number of azo groups is 1. The molecule has 0 aliphatic carbocycles. The van der Waals surface area contributed by atoms with Crippen LogP contribution in [0.2, 0.25) is 15.1 Å². The molecule has 3 rings (SSSR count). The van der Waals surface area contributed by atoms with E-state index in [-0.39, 0.29) is 25.7 Å². The molecule has 0 radical (unpaired) electrons. The number of hydrogen-bond acceptors (Lipinski definition) is 6. The Morgan fingerprint density at radius 2 is 1.27 bits per heavy atom. The predicted octanol–water partition coefficient (Wildman–Crippen LogP) is 6.90. The highest BCUT2D eigenvalue weighted by Gasteiger charge is 2.21. The van der Waals surface area contributed by atoms with Gasteiger partial charge in [-0.15, -0.1) is 0 Å². The van der Waals surface area contributed by atoms with Crippen molar-refractivity contribution >= 4 is 62.0 Å². The van der Waals surface area contributed by atoms with Crippen molar-refractivity contribution in [2.24, 2.45) is 10.2 Å². The maximum atomic E-state index is 12.5. The summed E-state index contributed by atoms with van der Waals surface area (Å²) in [5.41, 5.74) is 2.20. The molecule has 156 valence electrons. The van der Waals surface area contributed by atoms with E-state index in [1.54, 1.807) is 0 Å². The summed E-state index contributed by atoms with van der Waals surface area (Å²) < 4.78 is 30.2. The lowest BCUT2D eigenvalue weighted by Crippen LogP contribution is -2.10. The van der Waals surface area contributed by atoms with Gasteiger partial charge >= 0.3 is 10.1 Å². The van der Waals surface area contributed by atoms with E-state index in [1.807, 2.05) is 43.3 Å². The maximum absolute atomic E-state index is 12.5. The zero-order valence-electron chi connectivity index (χ0n) is 15.9. The molecule has 0 heterocycles. The molecule has 0 bridgehead atoms. The van der Waals surface area contributed by atoms with E-state index in [0.717, 1.165) is 5.69 Å². The second-order valence-electron chi connectivity index (χ2n) is 6.34. The lowest BCUT2D eigenvalue weighted by atomic mass is 10.3. The summed E-state index contributed by atoms with van der Waals surface area (Å²) in [5.74, 6) is -0.187. The van der Waals surface area contributed by atoms with E-state index in [2.05, 4.69) is 10.2 Å². The monoisotopic (exact) mass is 483 g/mol. The van der Waals surface area contributed by atoms with E-state index in [0.29, 0.717) is 11.4 Å². The average Bonchev–Trinajstić information content (AvgIpc) is 2.70. The smallest absolute Gasteiger partial charge is 0.339 e. The number of halogens is 3. The molecule has 30 heavy (non-hydrogen) atoms. The number of anilines is 1. The number of rotatable bonds is 6. The van der Waals surface area contributed by atoms with Gasteiger partial charge in [-0.2, -0.15) is 18.6 Å². The molecule has 0 atom stereocenters. The molecule has 0 amide bonds. The van der Waals surface area contributed by atoms with Crippen molar-refractivity contribution in [2.45, 2.75) is 4.90 Å². The van der Waals surface area contributed by atoms with Gasteiger partial charge in [-0.1, -0.05) is 34.8 Å². The molecule has 6 nitrogen and oxygen atoms in total. The summed E-state index contributed by atoms with van der Waals surface area (Å²) >= 11 is 17.8. The molecule has 0 aromatic heterocycles. The van der Waals surface area contributed by atoms with Crippen molar-refractivity contribution in [3.63, 3.8) is 0 Å². The van der Waals surface area contributed by atoms with E-state index >= 15 is 0 Å². The summed E-state index contributed by atoms with van der Waals surface area (Å²) in [6.07, 6.45) is 0. The van der Waals surface area contributed by atoms with Crippen LogP contribution in [0.15, 0.2) is 75.8 Å². The maximum Gasteiger partial charge on any atom is 0.339 e. The van der Waals surface area contributed by atoms with Gasteiger partial charge in [0.25, 0.3) is 0 Å². The molecular weight excluding hydrogens is 469 g/mol. The first-order chi connectivity index (χ1) is 14.2. The quantitative estimate of drug-likeness (QED) is 0.282. The van der Waals surface area contributed by atoms with Crippen LogP contribution in [0.1, 0.15) is 0 Å². The van der Waals surface area contributed by atoms with Gasteiger partial charge in [0.1, 0.15) is 4.90 Å². The van der Waals surface area contributed by atoms with E-state index in [9.17, 15) is 8.42 Å². The topological polar surface area (TPSA) is 71.3 Å². The van der Waals surface area contributed by atoms with Crippen LogP contribution in [0.4, 0.5) is 17.1 Å². The third-order valence-corrected chi connectivity index (χ3v) is 5.94. The van der Waals surface area contributed by atoms with Crippen molar-refractivity contribution in [1.29, 1.82) is 0 Å². The minimum atomic E-state index is -4.16. The first-order valence-electron chi connectivity index (χ1n) is 8.54. The molecule has 0 aliphatic rings. The summed E-state index contributed by atoms with van der Waals surface area (Å²) in [4.78, 5) is 1.89. The van der Waals surface area contributed by atoms with Gasteiger partial charge in [-0.05, 0) is 60.7 Å². The fourth-order valence-electron chi connectivity index (χ4n) is 2.38. The largest absolute Gasteiger partial charge is 0.378 e. The van der Waals surface area contributed by atoms with Crippen molar-refractivity contribution in [2.75, 3.05) is 19.0 Å². The first kappa shape index (κ1) is 22.4. The Labute approximate surface area is 189 Å². The Hall–Kier alpha value is -2.32. The van der Waals surface area contributed by atoms with Gasteiger partial charge in [0.15, 0.2) is 5.75 Å². The Balaban J connectivity index is 1.76. The lowest BCUT2D eigenvalue weighted by Gasteiger charge is -2.11. The highest BCUT2D eigenvalue weighted by Crippen LogP contribution is 2.37. The van der Waals surface area contributed by atoms with Crippen LogP contribution in [0, 0.1) is 0 Å². The predicted molar refractivity (Wildman–Crippen MR) is 121 cm³/mol. The Morgan fingerprint density at radius 1 is 0.800 bits per heavy atom. The molecule has 0 saturated heterocycles. The fourth-order valence-corrected chi connectivity index (χ4v) is 4.33. The van der Waals surface area contributed by atoms with Crippen LogP contribution in [-0.4, -0.2) is 22.5 Å². The molecule has 3 aromatic rings. The lowest BCUT2D eigenvalue weighted by molar-refractivity contribution is 0.486. The highest BCUT2D eigenvalue weighted by atomic mass is 35.5. The Bertz CT molecular complexity index is 1160. The van der Waals surface area contributed by atoms with Gasteiger partial charge in [0.2, 0.25) is 0 Å². The molecule has 0 saturated carbocycles. The molecule has 0 unspecified atom stereocenters. The van der Waals surface area contributed by atoms with Gasteiger partial charge < -0.3 is 9.08 Å². The molecule has 0 spiro atoms. The molecule has 0 aliphatic heterocycles. The molecule has 0 N–H and O–H groups in total. The molecule has 10 heteroatoms. The van der Waals surface area contributed by atoms with Crippen molar-refractivity contribution in [3.05, 3.63) is 75.7 Å². The minimum Gasteiger partial charge on any atom is -0.378 e. The van der Waals surface area contributed by atoms with E-state index in [4.69, 9.17) is 39.0 Å². The molecular formula is C20H16Cl3N3O3S. The van der Waals surface area contributed by atoms with Crippen molar-refractivity contribution in [1.82, 2.24) is 0 Å². The van der Waals surface area contributed by atoms with Crippen LogP contribution in [0.5, 0.6) is 5.75 Å². The van der Waals surface area contributed by atoms with Gasteiger partial charge in [-0.25, -0.2) is 0 Å². The van der Waals surface area contributed by atoms with Gasteiger partial charge in [-0.3, -0.25) is 0 Å². The van der Waals surface area contributed by atoms with E-state index < -0.39 is 10.1 Å². The van der Waals surface area contributed by atoms with Crippen LogP contribution in [-0.2, 0) is 10.1 Å². The number of benzene rings is 3. The van der Waals surface area contributed by atoms with Gasteiger partial charge in [0, 0.05) is 24.8 Å². The summed E-state index contributed by atoms with van der Waals surface area (Å²) in [7, 11) is -0.259. The standard InChI is InChI=1S/C20H16Cl3N3O3S/c1-26(2)16-7-3-14(4-8-16)24-25-15-5-9-17(10-6-15)30(27,28)29-20-18(22)11-13(21)12-19(20)23/h3-12H,1-2H3. The summed E-state index contributed by atoms with van der Waals surface area (Å²) in [6, 6.07) is 16.0. The fraction of sp³-hybridized carbons (Fsp3) is 0.100. The zero-order valence-corrected chi connectivity index (χ0v) is 19.0. The minimum absolute atomic E-state index is 0.0122. The summed E-state index contributed by atoms with van der Waals surface area (Å²) in [6.45, 7) is 0. The second kappa shape index (κ2) is 9.22. The number of nitrogens with zero attached hydrogens (tertiary/aromatic N) is 3. The van der Waals surface area contributed by atoms with E-state index in [1.165, 1.54) is 36.4 Å². The SMILES string of the molecule is CN(C)c1ccc(N=Nc2ccc(S(=O)(=O)Oc3c(Cl)cc(Cl)cc3Cl)cc2)cc1. The van der Waals surface area contributed by atoms with Crippen LogP contribution >= 0.6 is 34.8 Å². The number of hydrogen-bond donors (Lipinski definition) is 0. The van der Waals surface area contributed by atoms with Crippen LogP contribution < -0.4 is 9.08 Å². The Kier molecular flexibility index (Phi) is 6.88. The molecule has 0 fully saturated rings. The van der Waals surface area contributed by atoms with Gasteiger partial charge in [0.05, 0.1) is 21.4 Å². The average molecular weight is 485 g/mol. The van der Waals surface area contributed by atoms with Crippen molar-refractivity contribution < 1.29 is 12.6 Å². The van der Waals surface area contributed by atoms with Crippen LogP contribution in [0.25, 0.3) is 0 Å². The third-order valence-electron chi connectivity index (χ3n) is 3.93. The zero-order chi connectivity index (χ0) is 21.9. The Morgan fingerprint density at radius 3 is 1.73 bits per heavy atom. The van der Waals surface area contributed by atoms with Crippen molar-refractivity contribution in [3.8, 4) is 5.75 Å². The highest BCUT2D eigenvalue weighted by molar-refractivity contribution is 7.87.